The largest absolute Gasteiger partial charge is 0.384 e. The van der Waals surface area contributed by atoms with E-state index in [1.54, 1.807) is 0 Å². The molecule has 0 aliphatic carbocycles. The average Bonchev–Trinajstić information content (AvgIpc) is 2.49. The number of hydrogen-bond donors (Lipinski definition) is 1. The van der Waals surface area contributed by atoms with Gasteiger partial charge in [0, 0.05) is 5.02 Å². The molecule has 1 nitrogen and oxygen atoms in total. The molecule has 0 fully saturated rings. The molecule has 1 unspecified atom stereocenters. The highest BCUT2D eigenvalue weighted by molar-refractivity contribution is 6.31. The highest BCUT2D eigenvalue weighted by atomic mass is 35.5. The van der Waals surface area contributed by atoms with E-state index in [0.717, 1.165) is 38.0 Å². The van der Waals surface area contributed by atoms with Gasteiger partial charge in [0.15, 0.2) is 0 Å². The maximum absolute atomic E-state index is 10.8. The quantitative estimate of drug-likeness (QED) is 0.690. The molecule has 106 valence electrons. The van der Waals surface area contributed by atoms with Crippen molar-refractivity contribution in [3.8, 4) is 0 Å². The van der Waals surface area contributed by atoms with Crippen LogP contribution in [0.15, 0.2) is 54.6 Å². The summed E-state index contributed by atoms with van der Waals surface area (Å²) in [6, 6.07) is 18.0. The van der Waals surface area contributed by atoms with Crippen LogP contribution < -0.4 is 0 Å². The Morgan fingerprint density at radius 3 is 2.43 bits per heavy atom. The van der Waals surface area contributed by atoms with Gasteiger partial charge in [-0.1, -0.05) is 60.1 Å². The van der Waals surface area contributed by atoms with Crippen LogP contribution in [0.3, 0.4) is 0 Å². The number of halogens is 1. The number of aliphatic hydroxyl groups excluding tert-OH is 1. The van der Waals surface area contributed by atoms with Gasteiger partial charge >= 0.3 is 0 Å². The number of fused-ring (bicyclic) bond motifs is 1. The van der Waals surface area contributed by atoms with Crippen LogP contribution in [0, 0.1) is 13.8 Å². The van der Waals surface area contributed by atoms with Crippen molar-refractivity contribution in [1.82, 2.24) is 0 Å². The van der Waals surface area contributed by atoms with Gasteiger partial charge in [0.25, 0.3) is 0 Å². The molecule has 0 bridgehead atoms. The van der Waals surface area contributed by atoms with Crippen molar-refractivity contribution in [1.29, 1.82) is 0 Å². The van der Waals surface area contributed by atoms with Crippen LogP contribution in [-0.4, -0.2) is 5.11 Å². The average molecular weight is 297 g/mol. The third-order valence-electron chi connectivity index (χ3n) is 3.96. The second kappa shape index (κ2) is 5.51. The standard InChI is InChI=1S/C19H17ClO/c1-12-7-8-14-5-3-4-6-16(14)18(12)19(21)15-9-10-17(20)13(2)11-15/h3-11,19,21H,1-2H3. The van der Waals surface area contributed by atoms with Gasteiger partial charge in [0.1, 0.15) is 6.10 Å². The first-order chi connectivity index (χ1) is 10.1. The fraction of sp³-hybridized carbons (Fsp3) is 0.158. The van der Waals surface area contributed by atoms with Crippen LogP contribution >= 0.6 is 11.6 Å². The van der Waals surface area contributed by atoms with Crippen LogP contribution in [0.2, 0.25) is 5.02 Å². The second-order valence-corrected chi connectivity index (χ2v) is 5.84. The van der Waals surface area contributed by atoms with E-state index in [-0.39, 0.29) is 0 Å². The summed E-state index contributed by atoms with van der Waals surface area (Å²) in [4.78, 5) is 0. The molecule has 0 radical (unpaired) electrons. The van der Waals surface area contributed by atoms with E-state index >= 15 is 0 Å². The Balaban J connectivity index is 2.19. The molecule has 3 rings (SSSR count). The lowest BCUT2D eigenvalue weighted by Gasteiger charge is -2.18. The molecule has 0 saturated heterocycles. The molecule has 3 aromatic carbocycles. The molecule has 2 heteroatoms. The zero-order valence-electron chi connectivity index (χ0n) is 12.1. The Bertz CT molecular complexity index is 808. The summed E-state index contributed by atoms with van der Waals surface area (Å²) in [5.74, 6) is 0. The molecule has 3 aromatic rings. The van der Waals surface area contributed by atoms with Crippen LogP contribution in [-0.2, 0) is 0 Å². The Hall–Kier alpha value is -1.83. The van der Waals surface area contributed by atoms with Crippen molar-refractivity contribution in [2.45, 2.75) is 20.0 Å². The van der Waals surface area contributed by atoms with Crippen molar-refractivity contribution in [3.63, 3.8) is 0 Å². The van der Waals surface area contributed by atoms with E-state index < -0.39 is 6.10 Å². The predicted molar refractivity (Wildman–Crippen MR) is 88.9 cm³/mol. The molecule has 21 heavy (non-hydrogen) atoms. The lowest BCUT2D eigenvalue weighted by Crippen LogP contribution is -2.03. The predicted octanol–water partition coefficient (Wildman–Crippen LogP) is 5.19. The third kappa shape index (κ3) is 2.55. The van der Waals surface area contributed by atoms with Crippen molar-refractivity contribution < 1.29 is 5.11 Å². The number of rotatable bonds is 2. The molecule has 0 saturated carbocycles. The minimum Gasteiger partial charge on any atom is -0.384 e. The first-order valence-electron chi connectivity index (χ1n) is 7.00. The second-order valence-electron chi connectivity index (χ2n) is 5.43. The number of benzene rings is 3. The van der Waals surface area contributed by atoms with Gasteiger partial charge in [0.05, 0.1) is 0 Å². The summed E-state index contributed by atoms with van der Waals surface area (Å²) in [5, 5.41) is 13.8. The number of aryl methyl sites for hydroxylation is 2. The van der Waals surface area contributed by atoms with E-state index in [1.807, 2.05) is 44.2 Å². The Morgan fingerprint density at radius 2 is 1.67 bits per heavy atom. The summed E-state index contributed by atoms with van der Waals surface area (Å²) in [6.07, 6.45) is -0.646. The highest BCUT2D eigenvalue weighted by Crippen LogP contribution is 2.32. The Labute approximate surface area is 129 Å². The van der Waals surface area contributed by atoms with E-state index in [1.165, 1.54) is 0 Å². The van der Waals surface area contributed by atoms with Crippen LogP contribution in [0.1, 0.15) is 28.4 Å². The molecule has 1 N–H and O–H groups in total. The van der Waals surface area contributed by atoms with Crippen molar-refractivity contribution in [2.24, 2.45) is 0 Å². The molecule has 0 aliphatic heterocycles. The van der Waals surface area contributed by atoms with E-state index in [9.17, 15) is 5.11 Å². The van der Waals surface area contributed by atoms with Gasteiger partial charge in [-0.15, -0.1) is 0 Å². The Kier molecular flexibility index (Phi) is 3.71. The summed E-state index contributed by atoms with van der Waals surface area (Å²) < 4.78 is 0. The topological polar surface area (TPSA) is 20.2 Å². The molecular formula is C19H17ClO. The zero-order chi connectivity index (χ0) is 15.0. The van der Waals surface area contributed by atoms with Gasteiger partial charge in [-0.2, -0.15) is 0 Å². The van der Waals surface area contributed by atoms with Gasteiger partial charge in [-0.25, -0.2) is 0 Å². The number of aliphatic hydroxyl groups is 1. The van der Waals surface area contributed by atoms with Crippen LogP contribution in [0.25, 0.3) is 10.8 Å². The van der Waals surface area contributed by atoms with E-state index in [0.29, 0.717) is 0 Å². The third-order valence-corrected chi connectivity index (χ3v) is 4.38. The summed E-state index contributed by atoms with van der Waals surface area (Å²) in [6.45, 7) is 3.99. The first kappa shape index (κ1) is 14.1. The molecule has 0 spiro atoms. The van der Waals surface area contributed by atoms with Crippen molar-refractivity contribution in [2.75, 3.05) is 0 Å². The summed E-state index contributed by atoms with van der Waals surface area (Å²) >= 11 is 6.08. The van der Waals surface area contributed by atoms with Crippen molar-refractivity contribution in [3.05, 3.63) is 81.9 Å². The minimum atomic E-state index is -0.646. The fourth-order valence-corrected chi connectivity index (χ4v) is 2.89. The smallest absolute Gasteiger partial charge is 0.105 e. The zero-order valence-corrected chi connectivity index (χ0v) is 12.9. The fourth-order valence-electron chi connectivity index (χ4n) is 2.77. The molecule has 0 amide bonds. The Morgan fingerprint density at radius 1 is 0.905 bits per heavy atom. The maximum Gasteiger partial charge on any atom is 0.105 e. The van der Waals surface area contributed by atoms with E-state index in [4.69, 9.17) is 11.6 Å². The monoisotopic (exact) mass is 296 g/mol. The lowest BCUT2D eigenvalue weighted by molar-refractivity contribution is 0.221. The lowest BCUT2D eigenvalue weighted by atomic mass is 9.91. The van der Waals surface area contributed by atoms with Gasteiger partial charge in [-0.3, -0.25) is 0 Å². The normalized spacial score (nSPS) is 12.6. The first-order valence-corrected chi connectivity index (χ1v) is 7.38. The van der Waals surface area contributed by atoms with Crippen LogP contribution in [0.4, 0.5) is 0 Å². The summed E-state index contributed by atoms with van der Waals surface area (Å²) in [5.41, 5.74) is 3.91. The molecule has 0 aliphatic rings. The van der Waals surface area contributed by atoms with Gasteiger partial charge in [-0.05, 0) is 52.9 Å². The van der Waals surface area contributed by atoms with Gasteiger partial charge in [0.2, 0.25) is 0 Å². The minimum absolute atomic E-state index is 0.646. The van der Waals surface area contributed by atoms with Crippen LogP contribution in [0.5, 0.6) is 0 Å². The highest BCUT2D eigenvalue weighted by Gasteiger charge is 2.16. The van der Waals surface area contributed by atoms with Crippen molar-refractivity contribution >= 4 is 22.4 Å². The molecule has 1 atom stereocenters. The maximum atomic E-state index is 10.8. The number of hydrogen-bond acceptors (Lipinski definition) is 1. The van der Waals surface area contributed by atoms with E-state index in [2.05, 4.69) is 24.3 Å². The molecular weight excluding hydrogens is 280 g/mol. The SMILES string of the molecule is Cc1cc(C(O)c2c(C)ccc3ccccc23)ccc1Cl. The molecule has 0 aromatic heterocycles. The van der Waals surface area contributed by atoms with Gasteiger partial charge < -0.3 is 5.11 Å². The molecule has 0 heterocycles. The summed E-state index contributed by atoms with van der Waals surface area (Å²) in [7, 11) is 0.